The van der Waals surface area contributed by atoms with Crippen molar-refractivity contribution in [2.24, 2.45) is 11.5 Å². The second-order valence-electron chi connectivity index (χ2n) is 4.35. The van der Waals surface area contributed by atoms with Crippen LogP contribution < -0.4 is 16.8 Å². The third kappa shape index (κ3) is 5.07. The number of rotatable bonds is 7. The van der Waals surface area contributed by atoms with Gasteiger partial charge in [0.05, 0.1) is 24.9 Å². The van der Waals surface area contributed by atoms with E-state index in [4.69, 9.17) is 16.6 Å². The van der Waals surface area contributed by atoms with E-state index in [1.807, 2.05) is 0 Å². The van der Waals surface area contributed by atoms with Crippen LogP contribution in [-0.2, 0) is 14.4 Å². The molecule has 0 saturated heterocycles. The molecule has 0 aliphatic heterocycles. The topological polar surface area (TPSA) is 136 Å². The summed E-state index contributed by atoms with van der Waals surface area (Å²) >= 11 is 0. The van der Waals surface area contributed by atoms with Crippen molar-refractivity contribution in [3.63, 3.8) is 0 Å². The minimum atomic E-state index is -1.09. The molecule has 0 fully saturated rings. The molecule has 0 aliphatic rings. The van der Waals surface area contributed by atoms with Crippen LogP contribution in [0.2, 0.25) is 0 Å². The zero-order chi connectivity index (χ0) is 15.1. The lowest BCUT2D eigenvalue weighted by Gasteiger charge is -2.19. The molecule has 20 heavy (non-hydrogen) atoms. The van der Waals surface area contributed by atoms with Gasteiger partial charge in [-0.3, -0.25) is 14.4 Å². The summed E-state index contributed by atoms with van der Waals surface area (Å²) in [4.78, 5) is 33.4. The number of nitrogens with two attached hydrogens (primary N) is 2. The van der Waals surface area contributed by atoms with E-state index >= 15 is 0 Å². The highest BCUT2D eigenvalue weighted by Gasteiger charge is 2.22. The van der Waals surface area contributed by atoms with E-state index in [1.165, 1.54) is 0 Å². The molecule has 0 bridgehead atoms. The van der Waals surface area contributed by atoms with Gasteiger partial charge in [-0.25, -0.2) is 0 Å². The Morgan fingerprint density at radius 2 is 1.75 bits per heavy atom. The molecule has 1 rings (SSSR count). The molecular weight excluding hydrogens is 262 g/mol. The summed E-state index contributed by atoms with van der Waals surface area (Å²) < 4.78 is 0. The van der Waals surface area contributed by atoms with E-state index in [1.54, 1.807) is 30.3 Å². The fourth-order valence-electron chi connectivity index (χ4n) is 1.70. The van der Waals surface area contributed by atoms with Gasteiger partial charge in [-0.1, -0.05) is 30.3 Å². The van der Waals surface area contributed by atoms with Gasteiger partial charge in [-0.15, -0.1) is 0 Å². The number of amides is 2. The van der Waals surface area contributed by atoms with E-state index in [2.05, 4.69) is 5.32 Å². The van der Waals surface area contributed by atoms with Crippen molar-refractivity contribution >= 4 is 17.8 Å². The van der Waals surface area contributed by atoms with Crippen molar-refractivity contribution in [3.05, 3.63) is 35.9 Å². The molecule has 1 aromatic rings. The van der Waals surface area contributed by atoms with Gasteiger partial charge in [0, 0.05) is 0 Å². The Kier molecular flexibility index (Phi) is 5.67. The number of primary amides is 1. The van der Waals surface area contributed by atoms with Crippen molar-refractivity contribution in [1.82, 2.24) is 5.32 Å². The quantitative estimate of drug-likeness (QED) is 0.534. The molecule has 0 saturated carbocycles. The van der Waals surface area contributed by atoms with E-state index < -0.39 is 29.9 Å². The summed E-state index contributed by atoms with van der Waals surface area (Å²) in [5.41, 5.74) is 11.1. The molecule has 0 aliphatic carbocycles. The molecule has 0 heterocycles. The third-order valence-electron chi connectivity index (χ3n) is 2.66. The number of carboxylic acid groups (broad SMARTS) is 1. The maximum absolute atomic E-state index is 11.8. The SMILES string of the molecule is NC(=O)CC(N)C(=O)NC(CC(=O)O)c1ccccc1. The Labute approximate surface area is 115 Å². The summed E-state index contributed by atoms with van der Waals surface area (Å²) in [6.07, 6.45) is -0.570. The van der Waals surface area contributed by atoms with Crippen LogP contribution in [0.15, 0.2) is 30.3 Å². The molecule has 0 spiro atoms. The zero-order valence-corrected chi connectivity index (χ0v) is 10.8. The van der Waals surface area contributed by atoms with Gasteiger partial charge >= 0.3 is 5.97 Å². The van der Waals surface area contributed by atoms with Gasteiger partial charge in [0.2, 0.25) is 11.8 Å². The van der Waals surface area contributed by atoms with Crippen molar-refractivity contribution in [1.29, 1.82) is 0 Å². The largest absolute Gasteiger partial charge is 0.481 e. The molecule has 7 heteroatoms. The van der Waals surface area contributed by atoms with Gasteiger partial charge in [-0.2, -0.15) is 0 Å². The highest BCUT2D eigenvalue weighted by molar-refractivity contribution is 5.88. The van der Waals surface area contributed by atoms with E-state index in [0.717, 1.165) is 0 Å². The Hall–Kier alpha value is -2.41. The molecule has 7 nitrogen and oxygen atoms in total. The summed E-state index contributed by atoms with van der Waals surface area (Å²) in [5.74, 6) is -2.36. The van der Waals surface area contributed by atoms with Gasteiger partial charge in [0.15, 0.2) is 0 Å². The van der Waals surface area contributed by atoms with Crippen LogP contribution in [0.1, 0.15) is 24.4 Å². The third-order valence-corrected chi connectivity index (χ3v) is 2.66. The van der Waals surface area contributed by atoms with E-state index in [0.29, 0.717) is 5.56 Å². The van der Waals surface area contributed by atoms with Gasteiger partial charge in [0.1, 0.15) is 0 Å². The minimum absolute atomic E-state index is 0.279. The Morgan fingerprint density at radius 1 is 1.15 bits per heavy atom. The van der Waals surface area contributed by atoms with Gasteiger partial charge < -0.3 is 21.9 Å². The minimum Gasteiger partial charge on any atom is -0.481 e. The predicted molar refractivity (Wildman–Crippen MR) is 71.4 cm³/mol. The average molecular weight is 279 g/mol. The van der Waals surface area contributed by atoms with Crippen molar-refractivity contribution in [3.8, 4) is 0 Å². The second-order valence-corrected chi connectivity index (χ2v) is 4.35. The number of carbonyl (C=O) groups is 3. The molecule has 2 amide bonds. The number of hydrogen-bond donors (Lipinski definition) is 4. The lowest BCUT2D eigenvalue weighted by molar-refractivity contribution is -0.138. The van der Waals surface area contributed by atoms with Crippen LogP contribution in [0.25, 0.3) is 0 Å². The number of hydrogen-bond acceptors (Lipinski definition) is 4. The van der Waals surface area contributed by atoms with Crippen LogP contribution in [0, 0.1) is 0 Å². The van der Waals surface area contributed by atoms with E-state index in [9.17, 15) is 14.4 Å². The first-order valence-corrected chi connectivity index (χ1v) is 6.01. The average Bonchev–Trinajstić information content (AvgIpc) is 2.37. The maximum Gasteiger partial charge on any atom is 0.305 e. The predicted octanol–water partition coefficient (Wildman–Crippen LogP) is -0.479. The summed E-state index contributed by atoms with van der Waals surface area (Å²) in [6, 6.07) is 6.86. The van der Waals surface area contributed by atoms with Crippen LogP contribution in [0.5, 0.6) is 0 Å². The normalized spacial score (nSPS) is 13.2. The Balaban J connectivity index is 2.78. The molecule has 2 unspecified atom stereocenters. The molecule has 6 N–H and O–H groups in total. The summed E-state index contributed by atoms with van der Waals surface area (Å²) in [7, 11) is 0. The van der Waals surface area contributed by atoms with Crippen LogP contribution >= 0.6 is 0 Å². The fourth-order valence-corrected chi connectivity index (χ4v) is 1.70. The molecule has 0 aromatic heterocycles. The number of carboxylic acids is 1. The number of carbonyl (C=O) groups excluding carboxylic acids is 2. The molecule has 0 radical (unpaired) electrons. The monoisotopic (exact) mass is 279 g/mol. The highest BCUT2D eigenvalue weighted by Crippen LogP contribution is 2.16. The first kappa shape index (κ1) is 15.6. The standard InChI is InChI=1S/C13H17N3O4/c14-9(6-11(15)17)13(20)16-10(7-12(18)19)8-4-2-1-3-5-8/h1-5,9-10H,6-7,14H2,(H2,15,17)(H,16,20)(H,18,19). The van der Waals surface area contributed by atoms with E-state index in [-0.39, 0.29) is 12.8 Å². The summed E-state index contributed by atoms with van der Waals surface area (Å²) in [6.45, 7) is 0. The molecular formula is C13H17N3O4. The van der Waals surface area contributed by atoms with Crippen molar-refractivity contribution in [2.45, 2.75) is 24.9 Å². The van der Waals surface area contributed by atoms with Gasteiger partial charge in [0.25, 0.3) is 0 Å². The second kappa shape index (κ2) is 7.25. The first-order chi connectivity index (χ1) is 9.40. The van der Waals surface area contributed by atoms with Crippen molar-refractivity contribution < 1.29 is 19.5 Å². The zero-order valence-electron chi connectivity index (χ0n) is 10.8. The Bertz CT molecular complexity index is 490. The highest BCUT2D eigenvalue weighted by atomic mass is 16.4. The number of nitrogens with one attached hydrogen (secondary N) is 1. The van der Waals surface area contributed by atoms with Crippen molar-refractivity contribution in [2.75, 3.05) is 0 Å². The first-order valence-electron chi connectivity index (χ1n) is 6.01. The lowest BCUT2D eigenvalue weighted by atomic mass is 10.0. The molecule has 1 aromatic carbocycles. The van der Waals surface area contributed by atoms with Crippen LogP contribution in [0.4, 0.5) is 0 Å². The van der Waals surface area contributed by atoms with Gasteiger partial charge in [-0.05, 0) is 5.56 Å². The fraction of sp³-hybridized carbons (Fsp3) is 0.308. The summed E-state index contributed by atoms with van der Waals surface area (Å²) in [5, 5.41) is 11.4. The smallest absolute Gasteiger partial charge is 0.305 e. The van der Waals surface area contributed by atoms with Crippen LogP contribution in [0.3, 0.4) is 0 Å². The number of aliphatic carboxylic acids is 1. The molecule has 108 valence electrons. The lowest BCUT2D eigenvalue weighted by Crippen LogP contribution is -2.44. The van der Waals surface area contributed by atoms with Crippen LogP contribution in [-0.4, -0.2) is 28.9 Å². The maximum atomic E-state index is 11.8. The Morgan fingerprint density at radius 3 is 2.25 bits per heavy atom. The number of benzene rings is 1. The molecule has 2 atom stereocenters.